The molecule has 0 aliphatic carbocycles. The highest BCUT2D eigenvalue weighted by molar-refractivity contribution is 5.99. The number of hydrogen-bond donors (Lipinski definition) is 0. The summed E-state index contributed by atoms with van der Waals surface area (Å²) in [6.07, 6.45) is 1.78. The van der Waals surface area contributed by atoms with Crippen LogP contribution in [0.3, 0.4) is 0 Å². The van der Waals surface area contributed by atoms with Crippen LogP contribution in [0.5, 0.6) is 0 Å². The van der Waals surface area contributed by atoms with Crippen molar-refractivity contribution in [2.45, 2.75) is 20.3 Å². The number of pyridine rings is 1. The number of hydrogen-bond acceptors (Lipinski definition) is 4. The molecule has 5 heteroatoms. The van der Waals surface area contributed by atoms with Crippen LogP contribution in [0.2, 0.25) is 0 Å². The van der Waals surface area contributed by atoms with Crippen molar-refractivity contribution in [1.29, 1.82) is 0 Å². The molecule has 0 unspecified atom stereocenters. The normalized spacial score (nSPS) is 10.3. The van der Waals surface area contributed by atoms with Gasteiger partial charge in [-0.3, -0.25) is 19.9 Å². The van der Waals surface area contributed by atoms with Gasteiger partial charge in [0, 0.05) is 23.9 Å². The van der Waals surface area contributed by atoms with Crippen molar-refractivity contribution >= 4 is 11.5 Å². The van der Waals surface area contributed by atoms with Gasteiger partial charge < -0.3 is 0 Å². The van der Waals surface area contributed by atoms with E-state index >= 15 is 0 Å². The van der Waals surface area contributed by atoms with Gasteiger partial charge in [0.2, 0.25) is 0 Å². The van der Waals surface area contributed by atoms with Crippen LogP contribution in [0.1, 0.15) is 27.2 Å². The molecule has 2 rings (SSSR count). The van der Waals surface area contributed by atoms with Gasteiger partial charge in [-0.1, -0.05) is 12.1 Å². The maximum absolute atomic E-state index is 12.3. The van der Waals surface area contributed by atoms with E-state index in [2.05, 4.69) is 4.98 Å². The second-order valence-corrected chi connectivity index (χ2v) is 4.62. The first-order valence-electron chi connectivity index (χ1n) is 6.18. The van der Waals surface area contributed by atoms with Crippen molar-refractivity contribution in [2.75, 3.05) is 0 Å². The van der Waals surface area contributed by atoms with Gasteiger partial charge in [0.1, 0.15) is 0 Å². The Kier molecular flexibility index (Phi) is 3.89. The number of non-ortho nitro benzene ring substituents is 1. The van der Waals surface area contributed by atoms with Gasteiger partial charge in [0.25, 0.3) is 5.69 Å². The standard InChI is InChI=1S/C15H14N2O3/c1-10-5-6-12(17(19)20)8-13(10)15(18)9-14-11(2)4-3-7-16-14/h3-8H,9H2,1-2H3. The summed E-state index contributed by atoms with van der Waals surface area (Å²) < 4.78 is 0. The summed E-state index contributed by atoms with van der Waals surface area (Å²) in [4.78, 5) is 26.8. The van der Waals surface area contributed by atoms with Crippen LogP contribution >= 0.6 is 0 Å². The van der Waals surface area contributed by atoms with Crippen LogP contribution in [-0.4, -0.2) is 15.7 Å². The number of nitrogens with zero attached hydrogens (tertiary/aromatic N) is 2. The predicted molar refractivity (Wildman–Crippen MR) is 74.8 cm³/mol. The third kappa shape index (κ3) is 2.88. The molecule has 5 nitrogen and oxygen atoms in total. The van der Waals surface area contributed by atoms with Crippen molar-refractivity contribution < 1.29 is 9.72 Å². The number of rotatable bonds is 4. The Balaban J connectivity index is 2.32. The van der Waals surface area contributed by atoms with E-state index in [4.69, 9.17) is 0 Å². The number of nitro benzene ring substituents is 1. The number of aryl methyl sites for hydroxylation is 2. The van der Waals surface area contributed by atoms with Crippen LogP contribution in [0.15, 0.2) is 36.5 Å². The van der Waals surface area contributed by atoms with Gasteiger partial charge in [0.05, 0.1) is 17.0 Å². The van der Waals surface area contributed by atoms with Gasteiger partial charge >= 0.3 is 0 Å². The Hall–Kier alpha value is -2.56. The quantitative estimate of drug-likeness (QED) is 0.486. The van der Waals surface area contributed by atoms with Crippen molar-refractivity contribution in [3.05, 3.63) is 69.0 Å². The highest BCUT2D eigenvalue weighted by atomic mass is 16.6. The van der Waals surface area contributed by atoms with E-state index < -0.39 is 4.92 Å². The summed E-state index contributed by atoms with van der Waals surface area (Å²) in [5.74, 6) is -0.159. The molecule has 1 aromatic heterocycles. The molecule has 0 aliphatic heterocycles. The van der Waals surface area contributed by atoms with E-state index in [0.717, 1.165) is 11.1 Å². The highest BCUT2D eigenvalue weighted by Gasteiger charge is 2.16. The van der Waals surface area contributed by atoms with Crippen LogP contribution < -0.4 is 0 Å². The summed E-state index contributed by atoms with van der Waals surface area (Å²) in [5.41, 5.74) is 2.67. The molecule has 0 radical (unpaired) electrons. The molecule has 20 heavy (non-hydrogen) atoms. The number of Topliss-reactive ketones (excluding diaryl/α,β-unsaturated/α-hetero) is 1. The minimum atomic E-state index is -0.498. The number of benzene rings is 1. The number of carbonyl (C=O) groups is 1. The lowest BCUT2D eigenvalue weighted by Crippen LogP contribution is -2.08. The summed E-state index contributed by atoms with van der Waals surface area (Å²) in [6.45, 7) is 3.65. The monoisotopic (exact) mass is 270 g/mol. The molecule has 2 aromatic rings. The van der Waals surface area contributed by atoms with E-state index in [1.165, 1.54) is 12.1 Å². The SMILES string of the molecule is Cc1ccc([N+](=O)[O-])cc1C(=O)Cc1ncccc1C. The van der Waals surface area contributed by atoms with Gasteiger partial charge in [-0.25, -0.2) is 0 Å². The first kappa shape index (κ1) is 13.9. The van der Waals surface area contributed by atoms with Gasteiger partial charge in [-0.2, -0.15) is 0 Å². The summed E-state index contributed by atoms with van der Waals surface area (Å²) in [7, 11) is 0. The Morgan fingerprint density at radius 2 is 2.00 bits per heavy atom. The third-order valence-electron chi connectivity index (χ3n) is 3.18. The van der Waals surface area contributed by atoms with Crippen molar-refractivity contribution in [3.8, 4) is 0 Å². The number of ketones is 1. The molecule has 1 aromatic carbocycles. The fourth-order valence-electron chi connectivity index (χ4n) is 1.97. The molecule has 0 atom stereocenters. The smallest absolute Gasteiger partial charge is 0.270 e. The van der Waals surface area contributed by atoms with E-state index in [-0.39, 0.29) is 17.9 Å². The lowest BCUT2D eigenvalue weighted by molar-refractivity contribution is -0.384. The molecule has 0 N–H and O–H groups in total. The summed E-state index contributed by atoms with van der Waals surface area (Å²) in [6, 6.07) is 8.02. The van der Waals surface area contributed by atoms with Gasteiger partial charge in [-0.15, -0.1) is 0 Å². The Labute approximate surface area is 116 Å². The predicted octanol–water partition coefficient (Wildman–Crippen LogP) is 3.03. The molecule has 0 saturated heterocycles. The van der Waals surface area contributed by atoms with E-state index in [9.17, 15) is 14.9 Å². The molecule has 0 aliphatic rings. The molecule has 102 valence electrons. The van der Waals surface area contributed by atoms with Crippen molar-refractivity contribution in [1.82, 2.24) is 4.98 Å². The largest absolute Gasteiger partial charge is 0.294 e. The Bertz CT molecular complexity index is 681. The Morgan fingerprint density at radius 3 is 2.65 bits per heavy atom. The zero-order valence-electron chi connectivity index (χ0n) is 11.3. The number of aromatic nitrogens is 1. The molecular weight excluding hydrogens is 256 g/mol. The highest BCUT2D eigenvalue weighted by Crippen LogP contribution is 2.19. The van der Waals surface area contributed by atoms with E-state index in [1.807, 2.05) is 19.1 Å². The van der Waals surface area contributed by atoms with Crippen molar-refractivity contribution in [2.24, 2.45) is 0 Å². The zero-order valence-corrected chi connectivity index (χ0v) is 11.3. The van der Waals surface area contributed by atoms with Crippen LogP contribution in [-0.2, 0) is 6.42 Å². The molecule has 0 spiro atoms. The molecular formula is C15H14N2O3. The lowest BCUT2D eigenvalue weighted by atomic mass is 9.99. The Morgan fingerprint density at radius 1 is 1.25 bits per heavy atom. The second-order valence-electron chi connectivity index (χ2n) is 4.62. The third-order valence-corrected chi connectivity index (χ3v) is 3.18. The average Bonchev–Trinajstić information content (AvgIpc) is 2.41. The van der Waals surface area contributed by atoms with Crippen LogP contribution in [0, 0.1) is 24.0 Å². The minimum Gasteiger partial charge on any atom is -0.294 e. The number of carbonyl (C=O) groups excluding carboxylic acids is 1. The second kappa shape index (κ2) is 5.61. The van der Waals surface area contributed by atoms with E-state index in [1.54, 1.807) is 19.2 Å². The average molecular weight is 270 g/mol. The molecule has 0 amide bonds. The number of nitro groups is 1. The van der Waals surface area contributed by atoms with Crippen LogP contribution in [0.25, 0.3) is 0 Å². The van der Waals surface area contributed by atoms with Gasteiger partial charge in [-0.05, 0) is 31.0 Å². The molecule has 0 bridgehead atoms. The van der Waals surface area contributed by atoms with Crippen LogP contribution in [0.4, 0.5) is 5.69 Å². The summed E-state index contributed by atoms with van der Waals surface area (Å²) >= 11 is 0. The van der Waals surface area contributed by atoms with E-state index in [0.29, 0.717) is 11.3 Å². The maximum atomic E-state index is 12.3. The first-order chi connectivity index (χ1) is 9.49. The fourth-order valence-corrected chi connectivity index (χ4v) is 1.97. The molecule has 0 saturated carbocycles. The minimum absolute atomic E-state index is 0.0725. The van der Waals surface area contributed by atoms with Crippen molar-refractivity contribution in [3.63, 3.8) is 0 Å². The fraction of sp³-hybridized carbons (Fsp3) is 0.200. The first-order valence-corrected chi connectivity index (χ1v) is 6.18. The molecule has 0 fully saturated rings. The topological polar surface area (TPSA) is 73.1 Å². The zero-order chi connectivity index (χ0) is 14.7. The molecule has 1 heterocycles. The maximum Gasteiger partial charge on any atom is 0.270 e. The lowest BCUT2D eigenvalue weighted by Gasteiger charge is -2.06. The summed E-state index contributed by atoms with van der Waals surface area (Å²) in [5, 5.41) is 10.8. The van der Waals surface area contributed by atoms with Gasteiger partial charge in [0.15, 0.2) is 5.78 Å².